The smallest absolute Gasteiger partial charge is 0.0586 e. The lowest BCUT2D eigenvalue weighted by atomic mass is 10.2. The Hall–Kier alpha value is -0.800. The van der Waals surface area contributed by atoms with Crippen LogP contribution in [-0.2, 0) is 11.3 Å². The van der Waals surface area contributed by atoms with Crippen molar-refractivity contribution in [3.8, 4) is 0 Å². The maximum atomic E-state index is 5.33. The molecule has 0 bridgehead atoms. The van der Waals surface area contributed by atoms with Crippen molar-refractivity contribution in [2.75, 3.05) is 7.11 Å². The monoisotopic (exact) mass is 194 g/mol. The van der Waals surface area contributed by atoms with E-state index in [-0.39, 0.29) is 0 Å². The molecule has 0 saturated heterocycles. The average Bonchev–Trinajstić information content (AvgIpc) is 2.86. The van der Waals surface area contributed by atoms with Gasteiger partial charge in [0.05, 0.1) is 6.10 Å². The fourth-order valence-corrected chi connectivity index (χ4v) is 2.07. The van der Waals surface area contributed by atoms with Crippen molar-refractivity contribution >= 4 is 0 Å². The van der Waals surface area contributed by atoms with Crippen LogP contribution in [0.15, 0.2) is 18.5 Å². The van der Waals surface area contributed by atoms with Crippen LogP contribution in [0.3, 0.4) is 0 Å². The Morgan fingerprint density at radius 1 is 1.57 bits per heavy atom. The second-order valence-corrected chi connectivity index (χ2v) is 3.97. The molecule has 2 rings (SSSR count). The Morgan fingerprint density at radius 2 is 2.50 bits per heavy atom. The van der Waals surface area contributed by atoms with E-state index < -0.39 is 0 Å². The van der Waals surface area contributed by atoms with E-state index in [4.69, 9.17) is 4.74 Å². The summed E-state index contributed by atoms with van der Waals surface area (Å²) in [6.45, 7) is 0.963. The molecule has 1 saturated carbocycles. The highest BCUT2D eigenvalue weighted by molar-refractivity contribution is 5.07. The standard InChI is InChI=1S/C11H18N2O/c1-14-11-3-2-10(6-11)13-8-9-4-5-12-7-9/h4-5,7,10-13H,2-3,6,8H2,1H3. The van der Waals surface area contributed by atoms with E-state index in [2.05, 4.69) is 16.4 Å². The average molecular weight is 194 g/mol. The highest BCUT2D eigenvalue weighted by Crippen LogP contribution is 2.21. The van der Waals surface area contributed by atoms with Crippen LogP contribution in [0.4, 0.5) is 0 Å². The Bertz CT molecular complexity index is 258. The number of rotatable bonds is 4. The molecule has 2 N–H and O–H groups in total. The molecule has 1 aliphatic rings. The second kappa shape index (κ2) is 4.62. The zero-order valence-corrected chi connectivity index (χ0v) is 8.62. The van der Waals surface area contributed by atoms with Gasteiger partial charge in [-0.1, -0.05) is 0 Å². The van der Waals surface area contributed by atoms with Crippen LogP contribution in [0.2, 0.25) is 0 Å². The summed E-state index contributed by atoms with van der Waals surface area (Å²) in [7, 11) is 1.80. The predicted octanol–water partition coefficient (Wildman–Crippen LogP) is 1.67. The molecular formula is C11H18N2O. The van der Waals surface area contributed by atoms with Gasteiger partial charge in [-0.15, -0.1) is 0 Å². The summed E-state index contributed by atoms with van der Waals surface area (Å²) in [4.78, 5) is 3.06. The summed E-state index contributed by atoms with van der Waals surface area (Å²) in [5.41, 5.74) is 1.32. The van der Waals surface area contributed by atoms with Crippen molar-refractivity contribution in [3.63, 3.8) is 0 Å². The number of ether oxygens (including phenoxy) is 1. The number of H-pyrrole nitrogens is 1. The van der Waals surface area contributed by atoms with Crippen LogP contribution in [-0.4, -0.2) is 24.2 Å². The molecule has 0 radical (unpaired) electrons. The largest absolute Gasteiger partial charge is 0.381 e. The van der Waals surface area contributed by atoms with Gasteiger partial charge in [-0.25, -0.2) is 0 Å². The molecule has 78 valence electrons. The van der Waals surface area contributed by atoms with Gasteiger partial charge in [0.2, 0.25) is 0 Å². The highest BCUT2D eigenvalue weighted by Gasteiger charge is 2.23. The van der Waals surface area contributed by atoms with Gasteiger partial charge in [-0.2, -0.15) is 0 Å². The Balaban J connectivity index is 1.72. The Labute approximate surface area is 84.9 Å². The van der Waals surface area contributed by atoms with Crippen LogP contribution in [0, 0.1) is 0 Å². The van der Waals surface area contributed by atoms with Gasteiger partial charge in [0.1, 0.15) is 0 Å². The molecular weight excluding hydrogens is 176 g/mol. The van der Waals surface area contributed by atoms with E-state index in [0.29, 0.717) is 12.1 Å². The van der Waals surface area contributed by atoms with Gasteiger partial charge in [0.25, 0.3) is 0 Å². The first-order valence-corrected chi connectivity index (χ1v) is 5.26. The first-order chi connectivity index (χ1) is 6.88. The van der Waals surface area contributed by atoms with Crippen LogP contribution in [0.5, 0.6) is 0 Å². The maximum absolute atomic E-state index is 5.33. The van der Waals surface area contributed by atoms with E-state index in [1.54, 1.807) is 7.11 Å². The zero-order chi connectivity index (χ0) is 9.80. The SMILES string of the molecule is COC1CCC(NCc2cc[nH]c2)C1. The number of aromatic nitrogens is 1. The molecule has 1 aromatic rings. The van der Waals surface area contributed by atoms with E-state index in [1.807, 2.05) is 12.4 Å². The van der Waals surface area contributed by atoms with E-state index in [1.165, 1.54) is 18.4 Å². The minimum absolute atomic E-state index is 0.471. The summed E-state index contributed by atoms with van der Waals surface area (Å²) >= 11 is 0. The number of aromatic amines is 1. The van der Waals surface area contributed by atoms with Crippen LogP contribution in [0.25, 0.3) is 0 Å². The summed E-state index contributed by atoms with van der Waals surface area (Å²) in [6, 6.07) is 2.74. The van der Waals surface area contributed by atoms with Gasteiger partial charge in [0, 0.05) is 32.1 Å². The normalized spacial score (nSPS) is 26.9. The van der Waals surface area contributed by atoms with Gasteiger partial charge in [0.15, 0.2) is 0 Å². The molecule has 0 amide bonds. The molecule has 1 fully saturated rings. The second-order valence-electron chi connectivity index (χ2n) is 3.97. The fourth-order valence-electron chi connectivity index (χ4n) is 2.07. The van der Waals surface area contributed by atoms with Crippen molar-refractivity contribution < 1.29 is 4.74 Å². The quantitative estimate of drug-likeness (QED) is 0.765. The first kappa shape index (κ1) is 9.74. The summed E-state index contributed by atoms with van der Waals surface area (Å²) in [6.07, 6.45) is 8.06. The third kappa shape index (κ3) is 2.36. The number of nitrogens with one attached hydrogen (secondary N) is 2. The molecule has 2 unspecified atom stereocenters. The molecule has 1 aliphatic carbocycles. The minimum atomic E-state index is 0.471. The molecule has 14 heavy (non-hydrogen) atoms. The van der Waals surface area contributed by atoms with Crippen molar-refractivity contribution in [1.29, 1.82) is 0 Å². The van der Waals surface area contributed by atoms with E-state index in [9.17, 15) is 0 Å². The number of hydrogen-bond donors (Lipinski definition) is 2. The fraction of sp³-hybridized carbons (Fsp3) is 0.636. The molecule has 3 nitrogen and oxygen atoms in total. The van der Waals surface area contributed by atoms with Crippen LogP contribution < -0.4 is 5.32 Å². The van der Waals surface area contributed by atoms with Gasteiger partial charge < -0.3 is 15.0 Å². The molecule has 0 aromatic carbocycles. The molecule has 1 aromatic heterocycles. The first-order valence-electron chi connectivity index (χ1n) is 5.26. The van der Waals surface area contributed by atoms with E-state index >= 15 is 0 Å². The summed E-state index contributed by atoms with van der Waals surface area (Å²) in [5.74, 6) is 0. The molecule has 3 heteroatoms. The number of methoxy groups -OCH3 is 1. The molecule has 0 spiro atoms. The Morgan fingerprint density at radius 3 is 3.14 bits per heavy atom. The predicted molar refractivity (Wildman–Crippen MR) is 56.1 cm³/mol. The van der Waals surface area contributed by atoms with Gasteiger partial charge in [-0.05, 0) is 30.9 Å². The lowest BCUT2D eigenvalue weighted by Gasteiger charge is -2.11. The Kier molecular flexibility index (Phi) is 3.22. The van der Waals surface area contributed by atoms with Gasteiger partial charge >= 0.3 is 0 Å². The topological polar surface area (TPSA) is 37.0 Å². The molecule has 1 heterocycles. The molecule has 0 aliphatic heterocycles. The van der Waals surface area contributed by atoms with Crippen LogP contribution in [0.1, 0.15) is 24.8 Å². The van der Waals surface area contributed by atoms with Crippen LogP contribution >= 0.6 is 0 Å². The zero-order valence-electron chi connectivity index (χ0n) is 8.62. The molecule has 2 atom stereocenters. The van der Waals surface area contributed by atoms with Crippen molar-refractivity contribution in [1.82, 2.24) is 10.3 Å². The lowest BCUT2D eigenvalue weighted by molar-refractivity contribution is 0.107. The summed E-state index contributed by atoms with van der Waals surface area (Å²) < 4.78 is 5.33. The van der Waals surface area contributed by atoms with E-state index in [0.717, 1.165) is 13.0 Å². The lowest BCUT2D eigenvalue weighted by Crippen LogP contribution is -2.26. The third-order valence-electron chi connectivity index (χ3n) is 2.98. The minimum Gasteiger partial charge on any atom is -0.381 e. The van der Waals surface area contributed by atoms with Crippen molar-refractivity contribution in [2.45, 2.75) is 38.0 Å². The van der Waals surface area contributed by atoms with Gasteiger partial charge in [-0.3, -0.25) is 0 Å². The van der Waals surface area contributed by atoms with Crippen molar-refractivity contribution in [2.24, 2.45) is 0 Å². The summed E-state index contributed by atoms with van der Waals surface area (Å²) in [5, 5.41) is 3.55. The highest BCUT2D eigenvalue weighted by atomic mass is 16.5. The maximum Gasteiger partial charge on any atom is 0.0586 e. The number of hydrogen-bond acceptors (Lipinski definition) is 2. The van der Waals surface area contributed by atoms with Crippen molar-refractivity contribution in [3.05, 3.63) is 24.0 Å². The third-order valence-corrected chi connectivity index (χ3v) is 2.98.